The van der Waals surface area contributed by atoms with Crippen LogP contribution in [0.3, 0.4) is 0 Å². The zero-order valence-corrected chi connectivity index (χ0v) is 24.1. The molecule has 5 heteroatoms. The minimum absolute atomic E-state index is 0.264. The third kappa shape index (κ3) is 11.8. The Balaban J connectivity index is 0.000000422. The summed E-state index contributed by atoms with van der Waals surface area (Å²) in [7, 11) is 4.00. The molecule has 1 atom stereocenters. The molecular weight excluding hydrogens is 476 g/mol. The molecule has 0 aromatic heterocycles. The van der Waals surface area contributed by atoms with Crippen LogP contribution in [0.4, 0.5) is 0 Å². The molecule has 0 aliphatic carbocycles. The fraction of sp³-hybridized carbons (Fsp3) is 0.438. The van der Waals surface area contributed by atoms with Crippen molar-refractivity contribution in [2.45, 2.75) is 71.3 Å². The minimum atomic E-state index is -0.330. The maximum atomic E-state index is 11.5. The zero-order valence-electron chi connectivity index (χ0n) is 23.1. The van der Waals surface area contributed by atoms with Crippen LogP contribution in [-0.2, 0) is 24.1 Å². The quantitative estimate of drug-likeness (QED) is 0.114. The molecule has 0 N–H and O–H groups in total. The highest BCUT2D eigenvalue weighted by Crippen LogP contribution is 2.33. The lowest BCUT2D eigenvalue weighted by atomic mass is 9.86. The van der Waals surface area contributed by atoms with E-state index in [4.69, 9.17) is 9.47 Å². The van der Waals surface area contributed by atoms with Gasteiger partial charge in [0.15, 0.2) is 0 Å². The molecule has 37 heavy (non-hydrogen) atoms. The summed E-state index contributed by atoms with van der Waals surface area (Å²) in [4.78, 5) is 22.6. The van der Waals surface area contributed by atoms with Gasteiger partial charge >= 0.3 is 11.9 Å². The van der Waals surface area contributed by atoms with Crippen LogP contribution in [0, 0.1) is 5.92 Å². The van der Waals surface area contributed by atoms with Gasteiger partial charge in [-0.2, -0.15) is 0 Å². The Kier molecular flexibility index (Phi) is 15.2. The Morgan fingerprint density at radius 1 is 0.838 bits per heavy atom. The summed E-state index contributed by atoms with van der Waals surface area (Å²) in [6.45, 7) is 15.7. The van der Waals surface area contributed by atoms with E-state index in [2.05, 4.69) is 61.5 Å². The summed E-state index contributed by atoms with van der Waals surface area (Å²) in [5, 5.41) is -0.294. The van der Waals surface area contributed by atoms with E-state index in [9.17, 15) is 9.59 Å². The molecule has 0 aliphatic heterocycles. The number of rotatable bonds is 14. The minimum Gasteiger partial charge on any atom is -0.462 e. The van der Waals surface area contributed by atoms with Gasteiger partial charge in [0, 0.05) is 26.4 Å². The number of esters is 2. The molecule has 0 saturated heterocycles. The second-order valence-corrected chi connectivity index (χ2v) is 10.3. The third-order valence-electron chi connectivity index (χ3n) is 6.15. The first-order valence-electron chi connectivity index (χ1n) is 13.2. The third-order valence-corrected chi connectivity index (χ3v) is 6.98. The largest absolute Gasteiger partial charge is 0.462 e. The number of unbranched alkanes of at least 4 members (excludes halogenated alkanes) is 1. The molecule has 2 aromatic carbocycles. The van der Waals surface area contributed by atoms with E-state index in [-0.39, 0.29) is 17.0 Å². The molecule has 0 fully saturated rings. The maximum absolute atomic E-state index is 11.5. The molecule has 199 valence electrons. The van der Waals surface area contributed by atoms with Gasteiger partial charge in [-0.15, -0.1) is 0 Å². The Morgan fingerprint density at radius 2 is 1.32 bits per heavy atom. The summed E-state index contributed by atoms with van der Waals surface area (Å²) in [5.74, 6) is -0.0813. The van der Waals surface area contributed by atoms with Gasteiger partial charge in [0.2, 0.25) is 0 Å². The molecule has 0 bridgehead atoms. The van der Waals surface area contributed by atoms with Crippen LogP contribution in [-0.4, -0.2) is 35.4 Å². The number of hydrogen-bond acceptors (Lipinski definition) is 4. The summed E-state index contributed by atoms with van der Waals surface area (Å²) in [6.07, 6.45) is 6.21. The first-order valence-corrected chi connectivity index (χ1v) is 13.7. The van der Waals surface area contributed by atoms with E-state index in [0.717, 1.165) is 25.7 Å². The molecule has 0 heterocycles. The maximum Gasteiger partial charge on any atom is 0.333 e. The molecule has 0 spiro atoms. The summed E-state index contributed by atoms with van der Waals surface area (Å²) in [5.41, 5.74) is 3.29. The van der Waals surface area contributed by atoms with Gasteiger partial charge in [-0.3, -0.25) is 0 Å². The monoisotopic (exact) mass is 519 g/mol. The number of ether oxygens (including phenoxy) is 2. The summed E-state index contributed by atoms with van der Waals surface area (Å²) >= 11 is 0. The number of benzene rings is 2. The standard InChI is InChI=1S/C20H21O2Si.C12H22O2/c1-16(2)19(21)22-15-9-14-20(23,17-10-5-3-6-11-17)18-12-7-4-8-13-18;1-5-7-8-11(6-2)9-14-12(13)10(3)4/h3-8,10-13H,1,9,14-15H2,2H3;11H,3,5-9H2,1-2,4H3. The van der Waals surface area contributed by atoms with Crippen molar-refractivity contribution < 1.29 is 19.1 Å². The molecule has 1 unspecified atom stereocenters. The Bertz CT molecular complexity index is 929. The SMILES string of the molecule is C=C(C)C(=O)OCC(CC)CCCC.C=C(C)C(=O)OCCCC([Si])(c1ccccc1)c1ccccc1. The van der Waals surface area contributed by atoms with E-state index in [1.165, 1.54) is 24.0 Å². The van der Waals surface area contributed by atoms with Crippen molar-refractivity contribution in [2.75, 3.05) is 13.2 Å². The molecule has 0 saturated carbocycles. The smallest absolute Gasteiger partial charge is 0.333 e. The van der Waals surface area contributed by atoms with E-state index >= 15 is 0 Å². The fourth-order valence-corrected chi connectivity index (χ4v) is 4.25. The summed E-state index contributed by atoms with van der Waals surface area (Å²) < 4.78 is 10.3. The van der Waals surface area contributed by atoms with Crippen LogP contribution in [0.15, 0.2) is 85.0 Å². The lowest BCUT2D eigenvalue weighted by molar-refractivity contribution is -0.140. The average Bonchev–Trinajstić information content (AvgIpc) is 2.92. The summed E-state index contributed by atoms with van der Waals surface area (Å²) in [6, 6.07) is 20.6. The van der Waals surface area contributed by atoms with Crippen LogP contribution in [0.25, 0.3) is 0 Å². The molecular formula is C32H43O4Si. The van der Waals surface area contributed by atoms with Crippen molar-refractivity contribution in [3.05, 3.63) is 96.1 Å². The normalized spacial score (nSPS) is 11.5. The average molecular weight is 520 g/mol. The number of hydrogen-bond donors (Lipinski definition) is 0. The zero-order chi connectivity index (χ0) is 27.7. The lowest BCUT2D eigenvalue weighted by Gasteiger charge is -2.31. The van der Waals surface area contributed by atoms with E-state index in [1.807, 2.05) is 36.4 Å². The van der Waals surface area contributed by atoms with Crippen LogP contribution in [0.2, 0.25) is 0 Å². The highest BCUT2D eigenvalue weighted by Gasteiger charge is 2.28. The highest BCUT2D eigenvalue weighted by atomic mass is 28.1. The van der Waals surface area contributed by atoms with Gasteiger partial charge in [0.1, 0.15) is 0 Å². The van der Waals surface area contributed by atoms with Crippen molar-refractivity contribution in [1.82, 2.24) is 0 Å². The van der Waals surface area contributed by atoms with Gasteiger partial charge in [-0.25, -0.2) is 9.59 Å². The van der Waals surface area contributed by atoms with E-state index < -0.39 is 0 Å². The van der Waals surface area contributed by atoms with Crippen LogP contribution < -0.4 is 0 Å². The number of carbonyl (C=O) groups is 2. The number of carbonyl (C=O) groups excluding carboxylic acids is 2. The lowest BCUT2D eigenvalue weighted by Crippen LogP contribution is -2.28. The van der Waals surface area contributed by atoms with Crippen molar-refractivity contribution in [1.29, 1.82) is 0 Å². The van der Waals surface area contributed by atoms with Gasteiger partial charge in [0.05, 0.1) is 13.2 Å². The van der Waals surface area contributed by atoms with Crippen molar-refractivity contribution in [3.8, 4) is 0 Å². The highest BCUT2D eigenvalue weighted by molar-refractivity contribution is 6.18. The van der Waals surface area contributed by atoms with Crippen molar-refractivity contribution in [3.63, 3.8) is 0 Å². The molecule has 3 radical (unpaired) electrons. The molecule has 0 amide bonds. The molecule has 0 aliphatic rings. The second kappa shape index (κ2) is 17.5. The first-order chi connectivity index (χ1) is 17.7. The predicted octanol–water partition coefficient (Wildman–Crippen LogP) is 7.32. The van der Waals surface area contributed by atoms with Gasteiger partial charge in [0.25, 0.3) is 0 Å². The van der Waals surface area contributed by atoms with E-state index in [1.54, 1.807) is 13.8 Å². The fourth-order valence-electron chi connectivity index (χ4n) is 3.74. The molecule has 2 rings (SSSR count). The van der Waals surface area contributed by atoms with Crippen LogP contribution >= 0.6 is 0 Å². The van der Waals surface area contributed by atoms with E-state index in [0.29, 0.717) is 30.3 Å². The molecule has 2 aromatic rings. The van der Waals surface area contributed by atoms with Crippen molar-refractivity contribution in [2.24, 2.45) is 5.92 Å². The first kappa shape index (κ1) is 32.1. The Morgan fingerprint density at radius 3 is 1.76 bits per heavy atom. The molecule has 4 nitrogen and oxygen atoms in total. The topological polar surface area (TPSA) is 52.6 Å². The van der Waals surface area contributed by atoms with Crippen LogP contribution in [0.1, 0.15) is 77.3 Å². The Labute approximate surface area is 227 Å². The van der Waals surface area contributed by atoms with Gasteiger partial charge < -0.3 is 9.47 Å². The van der Waals surface area contributed by atoms with Crippen molar-refractivity contribution >= 4 is 22.2 Å². The second-order valence-electron chi connectivity index (χ2n) is 9.45. The predicted molar refractivity (Wildman–Crippen MR) is 154 cm³/mol. The van der Waals surface area contributed by atoms with Crippen LogP contribution in [0.5, 0.6) is 0 Å². The Hall–Kier alpha value is -2.92. The van der Waals surface area contributed by atoms with Gasteiger partial charge in [-0.05, 0) is 50.2 Å². The van der Waals surface area contributed by atoms with Gasteiger partial charge in [-0.1, -0.05) is 107 Å².